The van der Waals surface area contributed by atoms with Crippen molar-refractivity contribution in [1.82, 2.24) is 15.1 Å². The molecule has 0 saturated heterocycles. The molecule has 3 rings (SSSR count). The Morgan fingerprint density at radius 2 is 1.70 bits per heavy atom. The second-order valence-corrected chi connectivity index (χ2v) is 10.7. The first-order valence-electron chi connectivity index (χ1n) is 9.89. The molecule has 1 heterocycles. The van der Waals surface area contributed by atoms with Crippen molar-refractivity contribution < 1.29 is 39.6 Å². The number of nitrogens with one attached hydrogen (secondary N) is 1. The summed E-state index contributed by atoms with van der Waals surface area (Å²) in [6, 6.07) is 3.66. The molecule has 13 heteroatoms. The van der Waals surface area contributed by atoms with Gasteiger partial charge in [-0.05, 0) is 50.8 Å². The second-order valence-electron chi connectivity index (χ2n) is 8.26. The van der Waals surface area contributed by atoms with E-state index in [4.69, 9.17) is 0 Å². The summed E-state index contributed by atoms with van der Waals surface area (Å²) in [5, 5.41) is 5.87. The minimum atomic E-state index is -4.71. The number of alkyl halides is 6. The number of benzene rings is 1. The zero-order chi connectivity index (χ0) is 24.8. The van der Waals surface area contributed by atoms with Gasteiger partial charge in [-0.15, -0.1) is 0 Å². The van der Waals surface area contributed by atoms with Crippen LogP contribution < -0.4 is 5.32 Å². The van der Waals surface area contributed by atoms with Crippen LogP contribution in [0.4, 0.5) is 26.3 Å². The highest BCUT2D eigenvalue weighted by atomic mass is 32.2. The lowest BCUT2D eigenvalue weighted by Gasteiger charge is -2.37. The molecule has 1 aliphatic rings. The van der Waals surface area contributed by atoms with Gasteiger partial charge < -0.3 is 5.32 Å². The van der Waals surface area contributed by atoms with Crippen LogP contribution in [0.2, 0.25) is 0 Å². The van der Waals surface area contributed by atoms with Crippen molar-refractivity contribution in [2.75, 3.05) is 0 Å². The average Bonchev–Trinajstić information content (AvgIpc) is 3.11. The summed E-state index contributed by atoms with van der Waals surface area (Å²) >= 11 is 0. The molecule has 1 amide bonds. The number of carbonyl (C=O) groups is 1. The number of rotatable bonds is 4. The first-order valence-corrected chi connectivity index (χ1v) is 11.4. The number of aromatic nitrogens is 2. The van der Waals surface area contributed by atoms with Gasteiger partial charge in [-0.2, -0.15) is 31.4 Å². The minimum Gasteiger partial charge on any atom is -0.348 e. The molecule has 182 valence electrons. The molecule has 0 spiro atoms. The predicted octanol–water partition coefficient (Wildman–Crippen LogP) is 4.36. The Bertz CT molecular complexity index is 1150. The number of carbonyl (C=O) groups excluding carboxylic acids is 1. The Balaban J connectivity index is 1.71. The predicted molar refractivity (Wildman–Crippen MR) is 105 cm³/mol. The van der Waals surface area contributed by atoms with E-state index in [0.717, 1.165) is 22.9 Å². The van der Waals surface area contributed by atoms with Crippen LogP contribution in [0.25, 0.3) is 0 Å². The van der Waals surface area contributed by atoms with Crippen LogP contribution in [0, 0.1) is 0 Å². The van der Waals surface area contributed by atoms with E-state index in [-0.39, 0.29) is 31.4 Å². The van der Waals surface area contributed by atoms with Gasteiger partial charge in [0, 0.05) is 19.2 Å². The highest BCUT2D eigenvalue weighted by Crippen LogP contribution is 2.40. The average molecular weight is 497 g/mol. The van der Waals surface area contributed by atoms with Crippen molar-refractivity contribution >= 4 is 15.7 Å². The first-order chi connectivity index (χ1) is 15.0. The van der Waals surface area contributed by atoms with Gasteiger partial charge in [0.15, 0.2) is 15.5 Å². The number of hydrogen-bond acceptors (Lipinski definition) is 4. The van der Waals surface area contributed by atoms with Crippen LogP contribution >= 0.6 is 0 Å². The zero-order valence-electron chi connectivity index (χ0n) is 17.6. The van der Waals surface area contributed by atoms with E-state index in [1.165, 1.54) is 14.0 Å². The van der Waals surface area contributed by atoms with Crippen molar-refractivity contribution in [2.45, 2.75) is 60.6 Å². The molecule has 1 saturated carbocycles. The lowest BCUT2D eigenvalue weighted by molar-refractivity contribution is -0.141. The molecular formula is C20H21F6N3O3S. The van der Waals surface area contributed by atoms with Crippen molar-refractivity contribution in [3.63, 3.8) is 0 Å². The van der Waals surface area contributed by atoms with Crippen LogP contribution in [-0.4, -0.2) is 34.9 Å². The molecule has 1 aromatic heterocycles. The number of aryl methyl sites for hydroxylation is 1. The number of amides is 1. The van der Waals surface area contributed by atoms with Gasteiger partial charge in [0.1, 0.15) is 5.69 Å². The summed E-state index contributed by atoms with van der Waals surface area (Å²) in [5.74, 6) is -0.783. The largest absolute Gasteiger partial charge is 0.435 e. The van der Waals surface area contributed by atoms with Crippen molar-refractivity contribution in [3.8, 4) is 0 Å². The quantitative estimate of drug-likeness (QED) is 0.637. The molecule has 1 N–H and O–H groups in total. The first kappa shape index (κ1) is 25.1. The third kappa shape index (κ3) is 5.02. The van der Waals surface area contributed by atoms with Gasteiger partial charge >= 0.3 is 12.4 Å². The van der Waals surface area contributed by atoms with Crippen LogP contribution in [0.1, 0.15) is 54.4 Å². The number of hydrogen-bond donors (Lipinski definition) is 1. The van der Waals surface area contributed by atoms with Crippen molar-refractivity contribution in [1.29, 1.82) is 0 Å². The molecule has 0 bridgehead atoms. The van der Waals surface area contributed by atoms with Gasteiger partial charge in [-0.25, -0.2) is 8.42 Å². The molecular weight excluding hydrogens is 476 g/mol. The third-order valence-corrected chi connectivity index (χ3v) is 8.48. The molecule has 0 radical (unpaired) electrons. The monoisotopic (exact) mass is 497 g/mol. The molecule has 1 aliphatic carbocycles. The summed E-state index contributed by atoms with van der Waals surface area (Å²) in [6.45, 7) is 1.44. The number of sulfone groups is 1. The maximum atomic E-state index is 13.1. The van der Waals surface area contributed by atoms with E-state index >= 15 is 0 Å². The fourth-order valence-corrected chi connectivity index (χ4v) is 5.73. The summed E-state index contributed by atoms with van der Waals surface area (Å²) < 4.78 is 103. The Hall–Kier alpha value is -2.57. The fraction of sp³-hybridized carbons (Fsp3) is 0.500. The fourth-order valence-electron chi connectivity index (χ4n) is 3.84. The van der Waals surface area contributed by atoms with Crippen LogP contribution in [0.15, 0.2) is 35.2 Å². The van der Waals surface area contributed by atoms with Crippen LogP contribution in [0.3, 0.4) is 0 Å². The third-order valence-electron chi connectivity index (χ3n) is 5.90. The molecule has 0 unspecified atom stereocenters. The molecule has 33 heavy (non-hydrogen) atoms. The molecule has 1 fully saturated rings. The summed E-state index contributed by atoms with van der Waals surface area (Å²) in [4.78, 5) is 12.0. The normalized spacial score (nSPS) is 22.2. The standard InChI is InChI=1S/C20H21F6N3O3S/c1-18(33(31,32)14-5-3-4-12(10-14)19(21,22)23)8-6-13(7-9-18)27-17(30)15-11-16(20(24,25)26)28-29(15)2/h3-5,10-11,13H,6-9H2,1-2H3,(H,27,30). The molecule has 2 aromatic rings. The SMILES string of the molecule is Cn1nc(C(F)(F)F)cc1C(=O)NC1CCC(C)(S(=O)(=O)c2cccc(C(F)(F)F)c2)CC1. The second kappa shape index (κ2) is 8.33. The van der Waals surface area contributed by atoms with Crippen LogP contribution in [-0.2, 0) is 29.2 Å². The summed E-state index contributed by atoms with van der Waals surface area (Å²) in [5.41, 5.74) is -2.58. The van der Waals surface area contributed by atoms with Gasteiger partial charge in [0.25, 0.3) is 5.91 Å². The molecule has 6 nitrogen and oxygen atoms in total. The molecule has 1 aromatic carbocycles. The van der Waals surface area contributed by atoms with E-state index in [2.05, 4.69) is 10.4 Å². The van der Waals surface area contributed by atoms with E-state index in [1.807, 2.05) is 0 Å². The Morgan fingerprint density at radius 1 is 1.09 bits per heavy atom. The Morgan fingerprint density at radius 3 is 2.21 bits per heavy atom. The van der Waals surface area contributed by atoms with Crippen LogP contribution in [0.5, 0.6) is 0 Å². The molecule has 0 atom stereocenters. The highest BCUT2D eigenvalue weighted by molar-refractivity contribution is 7.92. The molecule has 0 aliphatic heterocycles. The van der Waals surface area contributed by atoms with Crippen molar-refractivity contribution in [2.24, 2.45) is 7.05 Å². The zero-order valence-corrected chi connectivity index (χ0v) is 18.4. The minimum absolute atomic E-state index is 0.0513. The lowest BCUT2D eigenvalue weighted by Crippen LogP contribution is -2.46. The van der Waals surface area contributed by atoms with Gasteiger partial charge in [-0.3, -0.25) is 9.48 Å². The van der Waals surface area contributed by atoms with Gasteiger partial charge in [0.2, 0.25) is 0 Å². The number of halogens is 6. The van der Waals surface area contributed by atoms with E-state index in [0.29, 0.717) is 12.1 Å². The summed E-state index contributed by atoms with van der Waals surface area (Å²) in [6.07, 6.45) is -8.92. The maximum Gasteiger partial charge on any atom is 0.435 e. The van der Waals surface area contributed by atoms with Crippen molar-refractivity contribution in [3.05, 3.63) is 47.3 Å². The lowest BCUT2D eigenvalue weighted by atomic mass is 9.86. The Labute approximate surface area is 185 Å². The topological polar surface area (TPSA) is 81.1 Å². The van der Waals surface area contributed by atoms with E-state index < -0.39 is 55.0 Å². The van der Waals surface area contributed by atoms with E-state index in [1.54, 1.807) is 0 Å². The number of nitrogens with zero attached hydrogens (tertiary/aromatic N) is 2. The summed E-state index contributed by atoms with van der Waals surface area (Å²) in [7, 11) is -2.92. The smallest absolute Gasteiger partial charge is 0.348 e. The van der Waals surface area contributed by atoms with Gasteiger partial charge in [-0.1, -0.05) is 6.07 Å². The highest BCUT2D eigenvalue weighted by Gasteiger charge is 2.44. The Kier molecular flexibility index (Phi) is 6.33. The van der Waals surface area contributed by atoms with Gasteiger partial charge in [0.05, 0.1) is 15.2 Å². The van der Waals surface area contributed by atoms with E-state index in [9.17, 15) is 39.6 Å². The maximum absolute atomic E-state index is 13.1.